The first kappa shape index (κ1) is 33.8. The maximum Gasteiger partial charge on any atom is 0.364 e. The lowest BCUT2D eigenvalue weighted by Gasteiger charge is -2.50. The number of hydrogen-bond acceptors (Lipinski definition) is 17. The zero-order valence-corrected chi connectivity index (χ0v) is 21.7. The maximum absolute atomic E-state index is 12.5. The predicted molar refractivity (Wildman–Crippen MR) is 124 cm³/mol. The molecule has 19 heteroatoms. The number of carboxylic acid groups (broad SMARTS) is 1. The second kappa shape index (κ2) is 13.8. The van der Waals surface area contributed by atoms with Gasteiger partial charge in [-0.3, -0.25) is 4.79 Å². The summed E-state index contributed by atoms with van der Waals surface area (Å²) < 4.78 is 26.7. The summed E-state index contributed by atoms with van der Waals surface area (Å²) in [7, 11) is 0. The number of carboxylic acids is 1. The topological polar surface area (TPSA) is 315 Å². The SMILES string of the molecule is CC(=O)N[C@H]1[C@H]([C@H](O)[C@H](O)CO)O[C@@](O[C@H]2[C@@H](O)[C@@H](CO)O[C@@H](O[C@@H]3CO[C@H](O)[C@H](O)[C@H]3O)[C@@H]2O)(C(=O)O)C[C@@H]1O. The third kappa shape index (κ3) is 7.12. The van der Waals surface area contributed by atoms with E-state index in [0.29, 0.717) is 0 Å². The monoisotopic (exact) mass is 603 g/mol. The number of aliphatic hydroxyl groups excluding tert-OH is 10. The molecule has 0 aromatic rings. The third-order valence-electron chi connectivity index (χ3n) is 7.10. The summed E-state index contributed by atoms with van der Waals surface area (Å²) in [6.45, 7) is -1.40. The van der Waals surface area contributed by atoms with Crippen LogP contribution in [0, 0.1) is 0 Å². The van der Waals surface area contributed by atoms with Crippen LogP contribution in [0.4, 0.5) is 0 Å². The van der Waals surface area contributed by atoms with Crippen LogP contribution in [0.2, 0.25) is 0 Å². The molecular weight excluding hydrogens is 566 g/mol. The highest BCUT2D eigenvalue weighted by Crippen LogP contribution is 2.37. The summed E-state index contributed by atoms with van der Waals surface area (Å²) in [5.41, 5.74) is 0. The van der Waals surface area contributed by atoms with E-state index in [2.05, 4.69) is 5.32 Å². The van der Waals surface area contributed by atoms with Crippen LogP contribution in [0.1, 0.15) is 13.3 Å². The molecule has 3 fully saturated rings. The molecule has 0 spiro atoms. The number of hydrogen-bond donors (Lipinski definition) is 12. The molecule has 12 N–H and O–H groups in total. The molecule has 0 bridgehead atoms. The molecule has 0 unspecified atom stereocenters. The van der Waals surface area contributed by atoms with Gasteiger partial charge in [-0.25, -0.2) is 4.79 Å². The molecule has 0 aromatic heterocycles. The van der Waals surface area contributed by atoms with Crippen molar-refractivity contribution in [2.24, 2.45) is 0 Å². The summed E-state index contributed by atoms with van der Waals surface area (Å²) in [5.74, 6) is -5.65. The Bertz CT molecular complexity index is 897. The Morgan fingerprint density at radius 1 is 1.02 bits per heavy atom. The molecule has 3 saturated heterocycles. The van der Waals surface area contributed by atoms with Gasteiger partial charge in [-0.1, -0.05) is 0 Å². The minimum absolute atomic E-state index is 0.504. The van der Waals surface area contributed by atoms with E-state index in [4.69, 9.17) is 23.7 Å². The second-order valence-electron chi connectivity index (χ2n) is 10.0. The van der Waals surface area contributed by atoms with Crippen LogP contribution in [0.15, 0.2) is 0 Å². The van der Waals surface area contributed by atoms with Gasteiger partial charge < -0.3 is 85.2 Å². The normalized spacial score (nSPS) is 45.0. The van der Waals surface area contributed by atoms with E-state index >= 15 is 0 Å². The van der Waals surface area contributed by atoms with Crippen LogP contribution in [0.5, 0.6) is 0 Å². The highest BCUT2D eigenvalue weighted by atomic mass is 16.8. The van der Waals surface area contributed by atoms with Gasteiger partial charge in [0.15, 0.2) is 12.6 Å². The number of rotatable bonds is 10. The standard InChI is InChI=1S/C22H37NO18/c1-6(26)23-11-7(27)2-22(21(35)36,40-17(11)12(29)8(28)3-24)41-18-14(31)9(4-25)38-20(16(18)33)39-10-5-37-19(34)15(32)13(10)30/h7-20,24-25,27-34H,2-5H2,1H3,(H,23,26)(H,35,36)/t7-,8+,9+,10+,11+,12+,13-,14-,15+,16+,17+,18-,19-,20-,22-/m0/s1. The zero-order chi connectivity index (χ0) is 30.8. The summed E-state index contributed by atoms with van der Waals surface area (Å²) in [4.78, 5) is 24.2. The smallest absolute Gasteiger partial charge is 0.364 e. The van der Waals surface area contributed by atoms with Crippen molar-refractivity contribution < 1.29 is 89.4 Å². The van der Waals surface area contributed by atoms with Gasteiger partial charge in [0.05, 0.1) is 32.0 Å². The quantitative estimate of drug-likeness (QED) is 0.110. The molecule has 238 valence electrons. The molecular formula is C22H37NO18. The Morgan fingerprint density at radius 3 is 2.24 bits per heavy atom. The molecule has 3 rings (SSSR count). The fourth-order valence-electron chi connectivity index (χ4n) is 4.84. The molecule has 15 atom stereocenters. The number of carbonyl (C=O) groups is 2. The van der Waals surface area contributed by atoms with E-state index in [1.807, 2.05) is 0 Å². The van der Waals surface area contributed by atoms with Crippen molar-refractivity contribution in [3.05, 3.63) is 0 Å². The van der Waals surface area contributed by atoms with Crippen LogP contribution in [0.3, 0.4) is 0 Å². The van der Waals surface area contributed by atoms with Gasteiger partial charge in [0.1, 0.15) is 61.0 Å². The van der Waals surface area contributed by atoms with Crippen LogP contribution >= 0.6 is 0 Å². The van der Waals surface area contributed by atoms with Gasteiger partial charge in [0.25, 0.3) is 5.79 Å². The fourth-order valence-corrected chi connectivity index (χ4v) is 4.84. The van der Waals surface area contributed by atoms with Crippen molar-refractivity contribution >= 4 is 11.9 Å². The van der Waals surface area contributed by atoms with Crippen molar-refractivity contribution in [2.75, 3.05) is 19.8 Å². The molecule has 41 heavy (non-hydrogen) atoms. The van der Waals surface area contributed by atoms with Gasteiger partial charge in [-0.2, -0.15) is 0 Å². The molecule has 3 aliphatic rings. The lowest BCUT2D eigenvalue weighted by molar-refractivity contribution is -0.380. The van der Waals surface area contributed by atoms with Gasteiger partial charge in [-0.05, 0) is 0 Å². The van der Waals surface area contributed by atoms with Crippen molar-refractivity contribution in [1.82, 2.24) is 5.32 Å². The number of aliphatic carboxylic acids is 1. The van der Waals surface area contributed by atoms with E-state index in [-0.39, 0.29) is 0 Å². The van der Waals surface area contributed by atoms with Crippen molar-refractivity contribution in [1.29, 1.82) is 0 Å². The first-order chi connectivity index (χ1) is 19.2. The van der Waals surface area contributed by atoms with E-state index < -0.39 is 130 Å². The maximum atomic E-state index is 12.5. The average molecular weight is 604 g/mol. The van der Waals surface area contributed by atoms with Gasteiger partial charge >= 0.3 is 5.97 Å². The number of ether oxygens (including phenoxy) is 5. The van der Waals surface area contributed by atoms with Crippen LogP contribution in [-0.4, -0.2) is 179 Å². The number of amides is 1. The van der Waals surface area contributed by atoms with Crippen molar-refractivity contribution in [3.8, 4) is 0 Å². The number of nitrogens with one attached hydrogen (secondary N) is 1. The molecule has 1 amide bonds. The highest BCUT2D eigenvalue weighted by Gasteiger charge is 2.59. The first-order valence-corrected chi connectivity index (χ1v) is 12.6. The second-order valence-corrected chi connectivity index (χ2v) is 10.0. The largest absolute Gasteiger partial charge is 0.477 e. The van der Waals surface area contributed by atoms with Crippen LogP contribution < -0.4 is 5.32 Å². The number of carbonyl (C=O) groups excluding carboxylic acids is 1. The van der Waals surface area contributed by atoms with Crippen LogP contribution in [-0.2, 0) is 33.3 Å². The Morgan fingerprint density at radius 2 is 1.68 bits per heavy atom. The average Bonchev–Trinajstić information content (AvgIpc) is 2.92. The molecule has 3 heterocycles. The van der Waals surface area contributed by atoms with Gasteiger partial charge in [0.2, 0.25) is 5.91 Å². The van der Waals surface area contributed by atoms with Crippen molar-refractivity contribution in [3.63, 3.8) is 0 Å². The Kier molecular flexibility index (Phi) is 11.4. The first-order valence-electron chi connectivity index (χ1n) is 12.6. The fraction of sp³-hybridized carbons (Fsp3) is 0.909. The van der Waals surface area contributed by atoms with Gasteiger partial charge in [0, 0.05) is 13.3 Å². The Balaban J connectivity index is 1.91. The summed E-state index contributed by atoms with van der Waals surface area (Å²) in [6, 6.07) is -1.51. The molecule has 0 aliphatic carbocycles. The zero-order valence-electron chi connectivity index (χ0n) is 21.7. The van der Waals surface area contributed by atoms with E-state index in [1.54, 1.807) is 0 Å². The molecule has 3 aliphatic heterocycles. The van der Waals surface area contributed by atoms with Crippen molar-refractivity contribution in [2.45, 2.75) is 105 Å². The Labute approximate surface area is 232 Å². The lowest BCUT2D eigenvalue weighted by Crippen LogP contribution is -2.70. The molecule has 19 nitrogen and oxygen atoms in total. The molecule has 0 radical (unpaired) electrons. The minimum atomic E-state index is -2.97. The lowest BCUT2D eigenvalue weighted by atomic mass is 9.88. The summed E-state index contributed by atoms with van der Waals surface area (Å²) in [6.07, 6.45) is -25.0. The number of aliphatic hydroxyl groups is 10. The summed E-state index contributed by atoms with van der Waals surface area (Å²) >= 11 is 0. The van der Waals surface area contributed by atoms with E-state index in [9.17, 15) is 65.8 Å². The van der Waals surface area contributed by atoms with E-state index in [0.717, 1.165) is 6.92 Å². The van der Waals surface area contributed by atoms with Crippen LogP contribution in [0.25, 0.3) is 0 Å². The predicted octanol–water partition coefficient (Wildman–Crippen LogP) is -7.58. The van der Waals surface area contributed by atoms with Gasteiger partial charge in [-0.15, -0.1) is 0 Å². The minimum Gasteiger partial charge on any atom is -0.477 e. The Hall–Kier alpha value is -1.66. The summed E-state index contributed by atoms with van der Waals surface area (Å²) in [5, 5.41) is 114. The van der Waals surface area contributed by atoms with E-state index in [1.165, 1.54) is 0 Å². The molecule has 0 aromatic carbocycles. The molecule has 0 saturated carbocycles. The highest BCUT2D eigenvalue weighted by molar-refractivity contribution is 5.76. The third-order valence-corrected chi connectivity index (χ3v) is 7.10.